The van der Waals surface area contributed by atoms with Crippen LogP contribution in [0.1, 0.15) is 11.5 Å². The summed E-state index contributed by atoms with van der Waals surface area (Å²) in [6.45, 7) is 0.220. The van der Waals surface area contributed by atoms with E-state index in [1.54, 1.807) is 30.3 Å². The zero-order valence-electron chi connectivity index (χ0n) is 16.1. The number of ether oxygens (including phenoxy) is 1. The third kappa shape index (κ3) is 7.58. The van der Waals surface area contributed by atoms with Gasteiger partial charge in [-0.25, -0.2) is 0 Å². The van der Waals surface area contributed by atoms with Gasteiger partial charge in [-0.05, 0) is 18.2 Å². The number of nitrogens with one attached hydrogen (secondary N) is 2. The van der Waals surface area contributed by atoms with E-state index >= 15 is 0 Å². The molecule has 0 bridgehead atoms. The number of aliphatic imine (C=N–C) groups is 1. The highest BCUT2D eigenvalue weighted by Gasteiger charge is 2.31. The van der Waals surface area contributed by atoms with Crippen LogP contribution in [-0.2, 0) is 13.1 Å². The lowest BCUT2D eigenvalue weighted by atomic mass is 10.2. The van der Waals surface area contributed by atoms with Gasteiger partial charge in [0.15, 0.2) is 5.96 Å². The Hall–Kier alpha value is -2.54. The highest BCUT2D eigenvalue weighted by molar-refractivity contribution is 14.0. The fourth-order valence-electron chi connectivity index (χ4n) is 2.50. The number of hydrogen-bond acceptors (Lipinski definition) is 5. The van der Waals surface area contributed by atoms with Crippen LogP contribution in [0.3, 0.4) is 0 Å². The summed E-state index contributed by atoms with van der Waals surface area (Å²) in [4.78, 5) is 8.30. The predicted molar refractivity (Wildman–Crippen MR) is 120 cm³/mol. The second-order valence-electron chi connectivity index (χ2n) is 5.96. The van der Waals surface area contributed by atoms with Crippen LogP contribution in [0.15, 0.2) is 58.0 Å². The molecule has 0 aliphatic heterocycles. The zero-order chi connectivity index (χ0) is 21.6. The van der Waals surface area contributed by atoms with Gasteiger partial charge in [0.25, 0.3) is 0 Å². The second kappa shape index (κ2) is 11.2. The smallest absolute Gasteiger partial charge is 0.405 e. The predicted octanol–water partition coefficient (Wildman–Crippen LogP) is 4.77. The molecule has 12 heteroatoms. The monoisotopic (exact) mass is 567 g/mol. The highest BCUT2D eigenvalue weighted by atomic mass is 127. The summed E-state index contributed by atoms with van der Waals surface area (Å²) >= 11 is 5.96. The van der Waals surface area contributed by atoms with Crippen LogP contribution in [0, 0.1) is 0 Å². The first-order valence-corrected chi connectivity index (χ1v) is 9.08. The number of alkyl halides is 3. The van der Waals surface area contributed by atoms with Crippen molar-refractivity contribution in [2.24, 2.45) is 4.99 Å². The number of benzene rings is 2. The molecule has 1 heterocycles. The number of aromatic nitrogens is 2. The molecule has 2 N–H and O–H groups in total. The number of hydrogen-bond donors (Lipinski definition) is 2. The Balaban J connectivity index is 0.00000341. The molecule has 0 radical (unpaired) electrons. The van der Waals surface area contributed by atoms with Crippen LogP contribution in [0.25, 0.3) is 11.4 Å². The molecule has 0 unspecified atom stereocenters. The molecule has 0 aliphatic rings. The minimum Gasteiger partial charge on any atom is -0.405 e. The molecule has 7 nitrogen and oxygen atoms in total. The van der Waals surface area contributed by atoms with Crippen molar-refractivity contribution in [2.75, 3.05) is 7.05 Å². The molecular weight excluding hydrogens is 550 g/mol. The summed E-state index contributed by atoms with van der Waals surface area (Å²) in [6, 6.07) is 12.9. The van der Waals surface area contributed by atoms with E-state index in [1.807, 2.05) is 0 Å². The molecule has 31 heavy (non-hydrogen) atoms. The van der Waals surface area contributed by atoms with Crippen LogP contribution < -0.4 is 15.4 Å². The van der Waals surface area contributed by atoms with Gasteiger partial charge in [-0.1, -0.05) is 47.1 Å². The summed E-state index contributed by atoms with van der Waals surface area (Å²) in [6.07, 6.45) is -4.77. The second-order valence-corrected chi connectivity index (χ2v) is 6.39. The number of guanidine groups is 1. The first-order valence-electron chi connectivity index (χ1n) is 8.71. The SMILES string of the molecule is CN=C(NCc1nc(-c2cccc(Cl)c2)no1)NCc1ccccc1OC(F)(F)F.I. The normalized spacial score (nSPS) is 11.6. The minimum absolute atomic E-state index is 0. The lowest BCUT2D eigenvalue weighted by molar-refractivity contribution is -0.274. The van der Waals surface area contributed by atoms with Gasteiger partial charge < -0.3 is 19.9 Å². The maximum Gasteiger partial charge on any atom is 0.573 e. The topological polar surface area (TPSA) is 84.6 Å². The van der Waals surface area contributed by atoms with Crippen LogP contribution >= 0.6 is 35.6 Å². The molecule has 0 aliphatic carbocycles. The lowest BCUT2D eigenvalue weighted by Crippen LogP contribution is -2.36. The quantitative estimate of drug-likeness (QED) is 0.254. The van der Waals surface area contributed by atoms with Gasteiger partial charge in [0.05, 0.1) is 6.54 Å². The van der Waals surface area contributed by atoms with E-state index in [2.05, 4.69) is 30.5 Å². The van der Waals surface area contributed by atoms with Crippen molar-refractivity contribution in [3.05, 3.63) is 65.0 Å². The third-order valence-corrected chi connectivity index (χ3v) is 4.06. The van der Waals surface area contributed by atoms with E-state index in [0.29, 0.717) is 33.8 Å². The Labute approximate surface area is 198 Å². The molecule has 0 saturated heterocycles. The average Bonchev–Trinajstić information content (AvgIpc) is 3.17. The Bertz CT molecular complexity index is 1030. The summed E-state index contributed by atoms with van der Waals surface area (Å²) in [7, 11) is 1.53. The third-order valence-electron chi connectivity index (χ3n) is 3.83. The van der Waals surface area contributed by atoms with Crippen molar-refractivity contribution < 1.29 is 22.4 Å². The standard InChI is InChI=1S/C19H17ClF3N5O2.HI/c1-24-18(25-10-13-5-2-3-8-15(13)29-19(21,22)23)26-11-16-27-17(28-30-16)12-6-4-7-14(20)9-12;/h2-9H,10-11H2,1H3,(H2,24,25,26);1H. The fourth-order valence-corrected chi connectivity index (χ4v) is 2.69. The summed E-state index contributed by atoms with van der Waals surface area (Å²) in [5.41, 5.74) is 1.03. The van der Waals surface area contributed by atoms with Crippen molar-refractivity contribution in [3.8, 4) is 17.1 Å². The molecule has 2 aromatic carbocycles. The molecule has 0 fully saturated rings. The molecule has 0 amide bonds. The van der Waals surface area contributed by atoms with Crippen LogP contribution in [0.4, 0.5) is 13.2 Å². The Kier molecular flexibility index (Phi) is 8.92. The molecule has 0 spiro atoms. The number of rotatable bonds is 6. The van der Waals surface area contributed by atoms with Gasteiger partial charge in [-0.2, -0.15) is 4.98 Å². The first kappa shape index (κ1) is 24.7. The number of para-hydroxylation sites is 1. The van der Waals surface area contributed by atoms with Crippen molar-refractivity contribution in [1.82, 2.24) is 20.8 Å². The Morgan fingerprint density at radius 3 is 2.58 bits per heavy atom. The zero-order valence-corrected chi connectivity index (χ0v) is 19.2. The Morgan fingerprint density at radius 1 is 1.13 bits per heavy atom. The minimum atomic E-state index is -4.77. The van der Waals surface area contributed by atoms with Gasteiger partial charge >= 0.3 is 6.36 Å². The Morgan fingerprint density at radius 2 is 1.87 bits per heavy atom. The van der Waals surface area contributed by atoms with Gasteiger partial charge in [-0.15, -0.1) is 37.1 Å². The summed E-state index contributed by atoms with van der Waals surface area (Å²) in [5, 5.41) is 10.3. The maximum absolute atomic E-state index is 12.5. The van der Waals surface area contributed by atoms with Crippen molar-refractivity contribution in [2.45, 2.75) is 19.5 Å². The molecule has 3 rings (SSSR count). The van der Waals surface area contributed by atoms with Gasteiger partial charge in [0.1, 0.15) is 5.75 Å². The lowest BCUT2D eigenvalue weighted by Gasteiger charge is -2.15. The number of halogens is 5. The van der Waals surface area contributed by atoms with Gasteiger partial charge in [-0.3, -0.25) is 4.99 Å². The van der Waals surface area contributed by atoms with Crippen molar-refractivity contribution >= 4 is 41.5 Å². The van der Waals surface area contributed by atoms with E-state index in [4.69, 9.17) is 16.1 Å². The van der Waals surface area contributed by atoms with Gasteiger partial charge in [0.2, 0.25) is 11.7 Å². The molecule has 0 saturated carbocycles. The molecule has 166 valence electrons. The molecule has 0 atom stereocenters. The fraction of sp³-hybridized carbons (Fsp3) is 0.211. The molecular formula is C19H18ClF3IN5O2. The largest absolute Gasteiger partial charge is 0.573 e. The van der Waals surface area contributed by atoms with E-state index in [9.17, 15) is 13.2 Å². The first-order chi connectivity index (χ1) is 14.3. The maximum atomic E-state index is 12.5. The molecule has 1 aromatic heterocycles. The van der Waals surface area contributed by atoms with Gasteiger partial charge in [0, 0.05) is 29.7 Å². The van der Waals surface area contributed by atoms with Crippen LogP contribution in [0.2, 0.25) is 5.02 Å². The van der Waals surface area contributed by atoms with E-state index in [-0.39, 0.29) is 42.8 Å². The van der Waals surface area contributed by atoms with Crippen LogP contribution in [0.5, 0.6) is 5.75 Å². The summed E-state index contributed by atoms with van der Waals surface area (Å²) < 4.78 is 46.8. The van der Waals surface area contributed by atoms with E-state index in [0.717, 1.165) is 0 Å². The summed E-state index contributed by atoms with van der Waals surface area (Å²) in [5.74, 6) is 0.736. The van der Waals surface area contributed by atoms with Crippen molar-refractivity contribution in [1.29, 1.82) is 0 Å². The number of nitrogens with zero attached hydrogens (tertiary/aromatic N) is 3. The van der Waals surface area contributed by atoms with E-state index in [1.165, 1.54) is 25.2 Å². The van der Waals surface area contributed by atoms with Crippen molar-refractivity contribution in [3.63, 3.8) is 0 Å². The molecule has 3 aromatic rings. The van der Waals surface area contributed by atoms with Crippen LogP contribution in [-0.4, -0.2) is 29.5 Å². The average molecular weight is 568 g/mol. The highest BCUT2D eigenvalue weighted by Crippen LogP contribution is 2.26. The van der Waals surface area contributed by atoms with E-state index < -0.39 is 6.36 Å².